The summed E-state index contributed by atoms with van der Waals surface area (Å²) in [4.78, 5) is 17.9. The molecule has 3 nitrogen and oxygen atoms in total. The van der Waals surface area contributed by atoms with Gasteiger partial charge in [-0.3, -0.25) is 4.79 Å². The van der Waals surface area contributed by atoms with Gasteiger partial charge < -0.3 is 9.88 Å². The van der Waals surface area contributed by atoms with Crippen molar-refractivity contribution in [2.45, 2.75) is 18.8 Å². The highest BCUT2D eigenvalue weighted by atomic mass is 19.3. The van der Waals surface area contributed by atoms with Gasteiger partial charge in [0.1, 0.15) is 0 Å². The van der Waals surface area contributed by atoms with Crippen LogP contribution in [0.2, 0.25) is 0 Å². The quantitative estimate of drug-likeness (QED) is 0.734. The summed E-state index contributed by atoms with van der Waals surface area (Å²) in [5, 5.41) is 0.712. The maximum Gasteiger partial charge on any atom is 0.282 e. The van der Waals surface area contributed by atoms with Crippen molar-refractivity contribution in [3.05, 3.63) is 63.8 Å². The molecule has 2 heterocycles. The van der Waals surface area contributed by atoms with Gasteiger partial charge in [-0.05, 0) is 42.7 Å². The summed E-state index contributed by atoms with van der Waals surface area (Å²) in [6, 6.07) is 13.3. The summed E-state index contributed by atoms with van der Waals surface area (Å²) in [5.41, 5.74) is 5.52. The largest absolute Gasteiger partial charge is 0.359 e. The first-order chi connectivity index (χ1) is 12.0. The van der Waals surface area contributed by atoms with Crippen LogP contribution >= 0.6 is 0 Å². The van der Waals surface area contributed by atoms with Gasteiger partial charge in [-0.2, -0.15) is 0 Å². The molecule has 0 radical (unpaired) electrons. The van der Waals surface area contributed by atoms with Gasteiger partial charge in [-0.15, -0.1) is 0 Å². The van der Waals surface area contributed by atoms with E-state index in [1.807, 2.05) is 42.5 Å². The Morgan fingerprint density at radius 1 is 1.04 bits per heavy atom. The molecule has 5 rings (SSSR count). The third kappa shape index (κ3) is 2.18. The van der Waals surface area contributed by atoms with E-state index in [2.05, 4.69) is 4.98 Å². The lowest BCUT2D eigenvalue weighted by atomic mass is 9.87. The highest BCUT2D eigenvalue weighted by molar-refractivity contribution is 5.85. The van der Waals surface area contributed by atoms with Crippen LogP contribution in [-0.2, 0) is 12.8 Å². The SMILES string of the molecule is O=c1c2c([nH]c3ccccc13)-c1ccc(N3CC(F)(F)C3)cc1CC2. The second-order valence-electron chi connectivity index (χ2n) is 6.91. The minimum Gasteiger partial charge on any atom is -0.359 e. The number of hydrogen-bond donors (Lipinski definition) is 1. The number of rotatable bonds is 1. The molecule has 126 valence electrons. The van der Waals surface area contributed by atoms with Gasteiger partial charge in [0, 0.05) is 27.7 Å². The lowest BCUT2D eigenvalue weighted by molar-refractivity contribution is -0.0262. The molecular weight excluding hydrogens is 322 g/mol. The molecule has 0 unspecified atom stereocenters. The molecular formula is C20H16F2N2O. The molecule has 0 spiro atoms. The monoisotopic (exact) mass is 338 g/mol. The number of halogens is 2. The Bertz CT molecular complexity index is 1060. The Labute approximate surface area is 142 Å². The third-order valence-corrected chi connectivity index (χ3v) is 5.22. The number of fused-ring (bicyclic) bond motifs is 4. The number of para-hydroxylation sites is 1. The number of aromatic amines is 1. The molecule has 25 heavy (non-hydrogen) atoms. The van der Waals surface area contributed by atoms with Crippen molar-refractivity contribution >= 4 is 16.6 Å². The second kappa shape index (κ2) is 4.91. The molecule has 1 aliphatic carbocycles. The first kappa shape index (κ1) is 14.6. The van der Waals surface area contributed by atoms with Gasteiger partial charge in [0.2, 0.25) is 0 Å². The average molecular weight is 338 g/mol. The number of nitrogens with zero attached hydrogens (tertiary/aromatic N) is 1. The maximum absolute atomic E-state index is 13.1. The fourth-order valence-corrected chi connectivity index (χ4v) is 3.93. The first-order valence-corrected chi connectivity index (χ1v) is 8.42. The van der Waals surface area contributed by atoms with E-state index in [4.69, 9.17) is 0 Å². The zero-order valence-corrected chi connectivity index (χ0v) is 13.5. The molecule has 1 N–H and O–H groups in total. The first-order valence-electron chi connectivity index (χ1n) is 8.42. The predicted octanol–water partition coefficient (Wildman–Crippen LogP) is 3.75. The standard InChI is InChI=1S/C20H16F2N2O/c21-20(22)10-24(11-20)13-6-8-14-12(9-13)5-7-16-18(14)23-17-4-2-1-3-15(17)19(16)25/h1-4,6,8-9H,5,7,10-11H2,(H,23,25). The molecule has 0 amide bonds. The van der Waals surface area contributed by atoms with Crippen LogP contribution in [0, 0.1) is 0 Å². The van der Waals surface area contributed by atoms with Gasteiger partial charge >= 0.3 is 0 Å². The summed E-state index contributed by atoms with van der Waals surface area (Å²) < 4.78 is 26.2. The summed E-state index contributed by atoms with van der Waals surface area (Å²) in [6.07, 6.45) is 1.42. The van der Waals surface area contributed by atoms with E-state index in [0.717, 1.165) is 40.0 Å². The molecule has 2 aliphatic rings. The molecule has 1 aromatic heterocycles. The predicted molar refractivity (Wildman–Crippen MR) is 94.6 cm³/mol. The lowest BCUT2D eigenvalue weighted by Crippen LogP contribution is -2.56. The summed E-state index contributed by atoms with van der Waals surface area (Å²) in [5.74, 6) is -2.58. The van der Waals surface area contributed by atoms with Crippen molar-refractivity contribution in [3.8, 4) is 11.3 Å². The molecule has 1 saturated heterocycles. The Kier molecular flexibility index (Phi) is 2.87. The minimum absolute atomic E-state index is 0.0847. The van der Waals surface area contributed by atoms with Crippen LogP contribution in [-0.4, -0.2) is 24.0 Å². The van der Waals surface area contributed by atoms with Gasteiger partial charge in [-0.1, -0.05) is 18.2 Å². The highest BCUT2D eigenvalue weighted by Crippen LogP contribution is 2.37. The number of benzene rings is 2. The Hall–Kier alpha value is -2.69. The van der Waals surface area contributed by atoms with Crippen LogP contribution in [0.3, 0.4) is 0 Å². The van der Waals surface area contributed by atoms with E-state index < -0.39 is 5.92 Å². The van der Waals surface area contributed by atoms with Crippen LogP contribution in [0.4, 0.5) is 14.5 Å². The molecule has 1 aliphatic heterocycles. The Morgan fingerprint density at radius 2 is 1.84 bits per heavy atom. The number of aryl methyl sites for hydroxylation is 1. The van der Waals surface area contributed by atoms with Crippen molar-refractivity contribution in [3.63, 3.8) is 0 Å². The van der Waals surface area contributed by atoms with Crippen LogP contribution < -0.4 is 10.3 Å². The second-order valence-corrected chi connectivity index (χ2v) is 6.91. The number of nitrogens with one attached hydrogen (secondary N) is 1. The van der Waals surface area contributed by atoms with Crippen LogP contribution in [0.15, 0.2) is 47.3 Å². The minimum atomic E-state index is -2.58. The van der Waals surface area contributed by atoms with Gasteiger partial charge in [-0.25, -0.2) is 8.78 Å². The van der Waals surface area contributed by atoms with Gasteiger partial charge in [0.15, 0.2) is 5.43 Å². The fraction of sp³-hybridized carbons (Fsp3) is 0.250. The normalized spacial score (nSPS) is 17.8. The third-order valence-electron chi connectivity index (χ3n) is 5.22. The molecule has 0 saturated carbocycles. The Morgan fingerprint density at radius 3 is 2.64 bits per heavy atom. The van der Waals surface area contributed by atoms with Crippen molar-refractivity contribution < 1.29 is 8.78 Å². The van der Waals surface area contributed by atoms with E-state index >= 15 is 0 Å². The Balaban J connectivity index is 1.62. The van der Waals surface area contributed by atoms with E-state index in [9.17, 15) is 13.6 Å². The molecule has 0 bridgehead atoms. The van der Waals surface area contributed by atoms with E-state index in [0.29, 0.717) is 11.8 Å². The summed E-state index contributed by atoms with van der Waals surface area (Å²) in [7, 11) is 0. The van der Waals surface area contributed by atoms with Crippen LogP contribution in [0.25, 0.3) is 22.2 Å². The lowest BCUT2D eigenvalue weighted by Gasteiger charge is -2.40. The zero-order valence-electron chi connectivity index (χ0n) is 13.5. The fourth-order valence-electron chi connectivity index (χ4n) is 3.93. The highest BCUT2D eigenvalue weighted by Gasteiger charge is 2.44. The van der Waals surface area contributed by atoms with Gasteiger partial charge in [0.25, 0.3) is 5.92 Å². The number of H-pyrrole nitrogens is 1. The number of anilines is 1. The molecule has 0 atom stereocenters. The smallest absolute Gasteiger partial charge is 0.282 e. The van der Waals surface area contributed by atoms with Crippen molar-refractivity contribution in [2.24, 2.45) is 0 Å². The van der Waals surface area contributed by atoms with E-state index in [1.165, 1.54) is 0 Å². The van der Waals surface area contributed by atoms with Crippen LogP contribution in [0.5, 0.6) is 0 Å². The number of aromatic nitrogens is 1. The van der Waals surface area contributed by atoms with E-state index in [-0.39, 0.29) is 18.5 Å². The van der Waals surface area contributed by atoms with E-state index in [1.54, 1.807) is 4.90 Å². The zero-order chi connectivity index (χ0) is 17.2. The molecule has 2 aromatic carbocycles. The molecule has 5 heteroatoms. The topological polar surface area (TPSA) is 36.1 Å². The van der Waals surface area contributed by atoms with Crippen molar-refractivity contribution in [1.29, 1.82) is 0 Å². The maximum atomic E-state index is 13.1. The van der Waals surface area contributed by atoms with Crippen LogP contribution in [0.1, 0.15) is 11.1 Å². The molecule has 1 fully saturated rings. The van der Waals surface area contributed by atoms with Crippen molar-refractivity contribution in [2.75, 3.05) is 18.0 Å². The molecule has 3 aromatic rings. The average Bonchev–Trinajstić information content (AvgIpc) is 2.59. The van der Waals surface area contributed by atoms with Gasteiger partial charge in [0.05, 0.1) is 18.8 Å². The number of hydrogen-bond acceptors (Lipinski definition) is 2. The summed E-state index contributed by atoms with van der Waals surface area (Å²) >= 11 is 0. The number of pyridine rings is 1. The summed E-state index contributed by atoms with van der Waals surface area (Å²) in [6.45, 7) is -0.437. The number of alkyl halides is 2. The van der Waals surface area contributed by atoms with Crippen molar-refractivity contribution in [1.82, 2.24) is 4.98 Å².